The molecule has 2 rings (SSSR count). The van der Waals surface area contributed by atoms with E-state index in [0.29, 0.717) is 11.5 Å². The van der Waals surface area contributed by atoms with Gasteiger partial charge in [-0.1, -0.05) is 27.7 Å². The predicted molar refractivity (Wildman–Crippen MR) is 118 cm³/mol. The second kappa shape index (κ2) is 9.97. The molecular formula is C23H31NO3S. The van der Waals surface area contributed by atoms with Gasteiger partial charge < -0.3 is 9.73 Å². The minimum Gasteiger partial charge on any atom is -0.465 e. The molecule has 152 valence electrons. The lowest BCUT2D eigenvalue weighted by molar-refractivity contribution is 0.102. The van der Waals surface area contributed by atoms with E-state index in [4.69, 9.17) is 4.42 Å². The molecule has 2 aromatic rings. The third-order valence-corrected chi connectivity index (χ3v) is 5.90. The van der Waals surface area contributed by atoms with Crippen LogP contribution in [0.5, 0.6) is 0 Å². The van der Waals surface area contributed by atoms with E-state index < -0.39 is 0 Å². The van der Waals surface area contributed by atoms with Gasteiger partial charge >= 0.3 is 0 Å². The molecule has 1 N–H and O–H groups in total. The third-order valence-electron chi connectivity index (χ3n) is 5.19. The first-order chi connectivity index (χ1) is 13.4. The first kappa shape index (κ1) is 22.3. The average Bonchev–Trinajstić information content (AvgIpc) is 2.68. The van der Waals surface area contributed by atoms with Gasteiger partial charge in [-0.25, -0.2) is 0 Å². The number of thioether (sulfide) groups is 1. The van der Waals surface area contributed by atoms with E-state index in [-0.39, 0.29) is 22.8 Å². The van der Waals surface area contributed by atoms with Gasteiger partial charge in [-0.15, -0.1) is 11.8 Å². The highest BCUT2D eigenvalue weighted by Gasteiger charge is 2.25. The van der Waals surface area contributed by atoms with Crippen LogP contribution in [0.3, 0.4) is 0 Å². The number of hydrogen-bond donors (Lipinski definition) is 1. The van der Waals surface area contributed by atoms with Crippen LogP contribution in [0.4, 0.5) is 5.69 Å². The number of rotatable bonds is 8. The van der Waals surface area contributed by atoms with Crippen molar-refractivity contribution in [2.24, 2.45) is 0 Å². The minimum absolute atomic E-state index is 0.0449. The number of anilines is 1. The Morgan fingerprint density at radius 2 is 1.64 bits per heavy atom. The van der Waals surface area contributed by atoms with Crippen LogP contribution >= 0.6 is 11.8 Å². The zero-order valence-electron chi connectivity index (χ0n) is 17.8. The Morgan fingerprint density at radius 3 is 2.11 bits per heavy atom. The van der Waals surface area contributed by atoms with Gasteiger partial charge in [0.1, 0.15) is 17.1 Å². The number of aryl methyl sites for hydroxylation is 3. The Bertz CT molecular complexity index is 872. The maximum Gasteiger partial charge on any atom is 0.263 e. The van der Waals surface area contributed by atoms with Gasteiger partial charge in [-0.05, 0) is 62.1 Å². The molecule has 1 amide bonds. The summed E-state index contributed by atoms with van der Waals surface area (Å²) in [6.45, 7) is 9.99. The van der Waals surface area contributed by atoms with Gasteiger partial charge in [-0.2, -0.15) is 0 Å². The third kappa shape index (κ3) is 4.69. The molecule has 0 spiro atoms. The molecule has 1 aromatic carbocycles. The summed E-state index contributed by atoms with van der Waals surface area (Å²) in [5.74, 6) is 0.709. The molecule has 0 atom stereocenters. The number of benzene rings is 1. The number of carbonyl (C=O) groups is 1. The van der Waals surface area contributed by atoms with Gasteiger partial charge in [0.2, 0.25) is 0 Å². The number of hydrogen-bond acceptors (Lipinski definition) is 4. The van der Waals surface area contributed by atoms with Crippen molar-refractivity contribution in [3.8, 4) is 0 Å². The summed E-state index contributed by atoms with van der Waals surface area (Å²) in [5.41, 5.74) is 2.84. The van der Waals surface area contributed by atoms with E-state index in [2.05, 4.69) is 31.3 Å². The zero-order valence-corrected chi connectivity index (χ0v) is 18.6. The van der Waals surface area contributed by atoms with Crippen LogP contribution in [0.1, 0.15) is 79.5 Å². The quantitative estimate of drug-likeness (QED) is 0.555. The lowest BCUT2D eigenvalue weighted by Gasteiger charge is -2.19. The largest absolute Gasteiger partial charge is 0.465 e. The van der Waals surface area contributed by atoms with Crippen molar-refractivity contribution in [2.75, 3.05) is 11.6 Å². The molecule has 1 aromatic heterocycles. The Kier molecular flexibility index (Phi) is 7.93. The van der Waals surface area contributed by atoms with Gasteiger partial charge in [0.05, 0.1) is 0 Å². The highest BCUT2D eigenvalue weighted by atomic mass is 32.2. The fourth-order valence-corrected chi connectivity index (χ4v) is 4.07. The molecule has 0 radical (unpaired) electrons. The zero-order chi connectivity index (χ0) is 20.8. The van der Waals surface area contributed by atoms with Crippen LogP contribution in [0, 0.1) is 6.92 Å². The van der Waals surface area contributed by atoms with Crippen LogP contribution in [0.2, 0.25) is 0 Å². The summed E-state index contributed by atoms with van der Waals surface area (Å²) in [6.07, 6.45) is 5.28. The summed E-state index contributed by atoms with van der Waals surface area (Å²) in [6, 6.07) is 5.62. The SMILES string of the molecule is CCc1cc(SC)cc(CC)c1NC(=O)c1c(C(CC)CC)oc(C)cc1=O. The maximum atomic E-state index is 13.2. The second-order valence-corrected chi connectivity index (χ2v) is 7.84. The lowest BCUT2D eigenvalue weighted by atomic mass is 9.95. The Balaban J connectivity index is 2.56. The van der Waals surface area contributed by atoms with Crippen LogP contribution in [0.25, 0.3) is 0 Å². The molecular weight excluding hydrogens is 370 g/mol. The number of carbonyl (C=O) groups excluding carboxylic acids is 1. The van der Waals surface area contributed by atoms with Crippen LogP contribution < -0.4 is 10.7 Å². The molecule has 0 aliphatic heterocycles. The van der Waals surface area contributed by atoms with Crippen LogP contribution in [0.15, 0.2) is 32.3 Å². The standard InChI is InChI=1S/C23H31NO3S/c1-7-15(8-2)22-20(19(25)11-14(5)27-22)23(26)24-21-16(9-3)12-18(28-6)13-17(21)10-4/h11-13,15H,7-10H2,1-6H3,(H,24,26). The number of nitrogens with one attached hydrogen (secondary N) is 1. The average molecular weight is 402 g/mol. The van der Waals surface area contributed by atoms with Crippen molar-refractivity contribution in [2.45, 2.75) is 71.1 Å². The van der Waals surface area contributed by atoms with E-state index >= 15 is 0 Å². The van der Waals surface area contributed by atoms with E-state index in [9.17, 15) is 9.59 Å². The van der Waals surface area contributed by atoms with Crippen molar-refractivity contribution in [1.29, 1.82) is 0 Å². The topological polar surface area (TPSA) is 59.3 Å². The molecule has 1 heterocycles. The monoisotopic (exact) mass is 401 g/mol. The molecule has 28 heavy (non-hydrogen) atoms. The molecule has 0 aliphatic carbocycles. The highest BCUT2D eigenvalue weighted by Crippen LogP contribution is 2.31. The van der Waals surface area contributed by atoms with Crippen molar-refractivity contribution in [1.82, 2.24) is 0 Å². The maximum absolute atomic E-state index is 13.2. The van der Waals surface area contributed by atoms with Gasteiger partial charge in [0.25, 0.3) is 5.91 Å². The predicted octanol–water partition coefficient (Wildman–Crippen LogP) is 5.95. The molecule has 0 aliphatic rings. The van der Waals surface area contributed by atoms with E-state index in [1.54, 1.807) is 18.7 Å². The van der Waals surface area contributed by atoms with Crippen molar-refractivity contribution >= 4 is 23.4 Å². The summed E-state index contributed by atoms with van der Waals surface area (Å²) < 4.78 is 5.88. The summed E-state index contributed by atoms with van der Waals surface area (Å²) in [7, 11) is 0. The molecule has 5 heteroatoms. The van der Waals surface area contributed by atoms with E-state index in [1.165, 1.54) is 11.0 Å². The van der Waals surface area contributed by atoms with Crippen LogP contribution in [-0.4, -0.2) is 12.2 Å². The molecule has 0 fully saturated rings. The lowest BCUT2D eigenvalue weighted by Crippen LogP contribution is -2.25. The first-order valence-corrected chi connectivity index (χ1v) is 11.3. The normalized spacial score (nSPS) is 11.1. The Morgan fingerprint density at radius 1 is 1.07 bits per heavy atom. The van der Waals surface area contributed by atoms with Crippen LogP contribution in [-0.2, 0) is 12.8 Å². The summed E-state index contributed by atoms with van der Waals surface area (Å²) in [4.78, 5) is 27.1. The molecule has 0 saturated heterocycles. The fraction of sp³-hybridized carbons (Fsp3) is 0.478. The highest BCUT2D eigenvalue weighted by molar-refractivity contribution is 7.98. The van der Waals surface area contributed by atoms with Crippen molar-refractivity contribution < 1.29 is 9.21 Å². The second-order valence-electron chi connectivity index (χ2n) is 6.96. The summed E-state index contributed by atoms with van der Waals surface area (Å²) in [5, 5.41) is 3.04. The fourth-order valence-electron chi connectivity index (χ4n) is 3.55. The Hall–Kier alpha value is -2.01. The van der Waals surface area contributed by atoms with Gasteiger partial charge in [0, 0.05) is 22.6 Å². The first-order valence-electron chi connectivity index (χ1n) is 10.1. The molecule has 0 unspecified atom stereocenters. The van der Waals surface area contributed by atoms with Gasteiger partial charge in [-0.3, -0.25) is 9.59 Å². The molecule has 0 saturated carbocycles. The Labute approximate surface area is 172 Å². The van der Waals surface area contributed by atoms with E-state index in [1.807, 2.05) is 20.1 Å². The summed E-state index contributed by atoms with van der Waals surface area (Å²) >= 11 is 1.69. The minimum atomic E-state index is -0.378. The van der Waals surface area contributed by atoms with E-state index in [0.717, 1.165) is 42.5 Å². The number of amides is 1. The molecule has 4 nitrogen and oxygen atoms in total. The molecule has 0 bridgehead atoms. The van der Waals surface area contributed by atoms with Gasteiger partial charge in [0.15, 0.2) is 5.43 Å². The smallest absolute Gasteiger partial charge is 0.263 e. The van der Waals surface area contributed by atoms with Crippen molar-refractivity contribution in [3.05, 3.63) is 56.6 Å². The van der Waals surface area contributed by atoms with Crippen molar-refractivity contribution in [3.63, 3.8) is 0 Å².